The van der Waals surface area contributed by atoms with Gasteiger partial charge in [0.25, 0.3) is 0 Å². The zero-order chi connectivity index (χ0) is 18.0. The number of aromatic nitrogens is 2. The van der Waals surface area contributed by atoms with Crippen LogP contribution in [-0.4, -0.2) is 15.1 Å². The van der Waals surface area contributed by atoms with Gasteiger partial charge in [0, 0.05) is 12.1 Å². The number of benzene rings is 2. The minimum atomic E-state index is -0.340. The van der Waals surface area contributed by atoms with Gasteiger partial charge in [-0.05, 0) is 29.8 Å². The van der Waals surface area contributed by atoms with Crippen molar-refractivity contribution < 1.29 is 14.2 Å². The highest BCUT2D eigenvalue weighted by atomic mass is 35.5. The van der Waals surface area contributed by atoms with Crippen molar-refractivity contribution in [1.29, 1.82) is 0 Å². The number of hydrogen-bond acceptors (Lipinski definition) is 5. The summed E-state index contributed by atoms with van der Waals surface area (Å²) in [6.07, 6.45) is 1.48. The van der Waals surface area contributed by atoms with E-state index in [1.54, 1.807) is 12.1 Å². The number of hydrogen-bond donors (Lipinski definition) is 2. The summed E-state index contributed by atoms with van der Waals surface area (Å²) in [5, 5.41) is 10.4. The van der Waals surface area contributed by atoms with Crippen molar-refractivity contribution in [1.82, 2.24) is 9.97 Å². The third-order valence-corrected chi connectivity index (χ3v) is 3.88. The highest BCUT2D eigenvalue weighted by molar-refractivity contribution is 6.37. The predicted molar refractivity (Wildman–Crippen MR) is 93.9 cm³/mol. The molecule has 0 fully saturated rings. The number of nitrogens with two attached hydrogens (primary N) is 1. The van der Waals surface area contributed by atoms with Gasteiger partial charge < -0.3 is 15.6 Å². The molecule has 0 amide bonds. The highest BCUT2D eigenvalue weighted by Gasteiger charge is 2.14. The van der Waals surface area contributed by atoms with Gasteiger partial charge in [0.2, 0.25) is 0 Å². The highest BCUT2D eigenvalue weighted by Crippen LogP contribution is 2.37. The molecule has 0 bridgehead atoms. The van der Waals surface area contributed by atoms with Crippen LogP contribution in [0.2, 0.25) is 10.0 Å². The largest absolute Gasteiger partial charge is 0.504 e. The minimum absolute atomic E-state index is 0.0384. The molecule has 0 atom stereocenters. The van der Waals surface area contributed by atoms with Gasteiger partial charge in [0.05, 0.1) is 21.9 Å². The van der Waals surface area contributed by atoms with Gasteiger partial charge in [-0.2, -0.15) is 9.97 Å². The normalized spacial score (nSPS) is 10.7. The Morgan fingerprint density at radius 2 is 1.76 bits per heavy atom. The molecule has 3 aromatic rings. The van der Waals surface area contributed by atoms with Crippen LogP contribution < -0.4 is 10.5 Å². The lowest BCUT2D eigenvalue weighted by atomic mass is 10.1. The standard InChI is InChI=1S/C17H12Cl2FN3O2/c18-12-6-11(21)7-13(19)16(12)25-17-22-8-15(24)14(23-17)5-9-1-3-10(20)4-2-9/h1-4,6-8,24H,5,21H2. The summed E-state index contributed by atoms with van der Waals surface area (Å²) in [4.78, 5) is 8.07. The maximum absolute atomic E-state index is 13.0. The first-order valence-corrected chi connectivity index (χ1v) is 7.89. The van der Waals surface area contributed by atoms with Crippen LogP contribution in [0.3, 0.4) is 0 Å². The van der Waals surface area contributed by atoms with E-state index < -0.39 is 0 Å². The molecule has 128 valence electrons. The Bertz CT molecular complexity index is 897. The van der Waals surface area contributed by atoms with Gasteiger partial charge in [-0.15, -0.1) is 0 Å². The molecule has 3 N–H and O–H groups in total. The average molecular weight is 380 g/mol. The van der Waals surface area contributed by atoms with Gasteiger partial charge in [-0.3, -0.25) is 0 Å². The first kappa shape index (κ1) is 17.3. The maximum Gasteiger partial charge on any atom is 0.322 e. The summed E-state index contributed by atoms with van der Waals surface area (Å²) >= 11 is 12.1. The monoisotopic (exact) mass is 379 g/mol. The predicted octanol–water partition coefficient (Wildman–Crippen LogP) is 4.59. The van der Waals surface area contributed by atoms with E-state index in [0.29, 0.717) is 11.4 Å². The summed E-state index contributed by atoms with van der Waals surface area (Å²) in [7, 11) is 0. The molecule has 0 radical (unpaired) electrons. The molecule has 5 nitrogen and oxygen atoms in total. The van der Waals surface area contributed by atoms with Crippen LogP contribution in [0, 0.1) is 5.82 Å². The van der Waals surface area contributed by atoms with Gasteiger partial charge >= 0.3 is 6.01 Å². The van der Waals surface area contributed by atoms with E-state index in [2.05, 4.69) is 9.97 Å². The molecule has 0 aliphatic rings. The summed E-state index contributed by atoms with van der Waals surface area (Å²) in [6, 6.07) is 8.81. The number of anilines is 1. The Kier molecular flexibility index (Phi) is 4.92. The first-order valence-electron chi connectivity index (χ1n) is 7.14. The molecule has 1 aromatic heterocycles. The van der Waals surface area contributed by atoms with Crippen molar-refractivity contribution in [2.75, 3.05) is 5.73 Å². The van der Waals surface area contributed by atoms with Crippen LogP contribution in [0.4, 0.5) is 10.1 Å². The van der Waals surface area contributed by atoms with Crippen molar-refractivity contribution >= 4 is 28.9 Å². The van der Waals surface area contributed by atoms with E-state index in [1.165, 1.54) is 30.5 Å². The molecule has 1 heterocycles. The third-order valence-electron chi connectivity index (χ3n) is 3.32. The van der Waals surface area contributed by atoms with E-state index in [9.17, 15) is 9.50 Å². The van der Waals surface area contributed by atoms with E-state index >= 15 is 0 Å². The van der Waals surface area contributed by atoms with Crippen LogP contribution in [0.15, 0.2) is 42.6 Å². The second kappa shape index (κ2) is 7.13. The Morgan fingerprint density at radius 1 is 1.12 bits per heavy atom. The summed E-state index contributed by atoms with van der Waals surface area (Å²) < 4.78 is 18.5. The molecule has 25 heavy (non-hydrogen) atoms. The summed E-state index contributed by atoms with van der Waals surface area (Å²) in [5.74, 6) is -0.283. The molecule has 0 aliphatic carbocycles. The second-order valence-electron chi connectivity index (χ2n) is 5.20. The molecular formula is C17H12Cl2FN3O2. The van der Waals surface area contributed by atoms with E-state index in [4.69, 9.17) is 33.7 Å². The van der Waals surface area contributed by atoms with Crippen molar-refractivity contribution in [2.45, 2.75) is 6.42 Å². The zero-order valence-electron chi connectivity index (χ0n) is 12.7. The van der Waals surface area contributed by atoms with E-state index in [0.717, 1.165) is 5.56 Å². The lowest BCUT2D eigenvalue weighted by molar-refractivity contribution is 0.421. The van der Waals surface area contributed by atoms with Crippen molar-refractivity contribution in [3.8, 4) is 17.5 Å². The average Bonchev–Trinajstić information content (AvgIpc) is 2.56. The third kappa shape index (κ3) is 4.10. The molecule has 2 aromatic carbocycles. The van der Waals surface area contributed by atoms with Gasteiger partial charge in [-0.25, -0.2) is 4.39 Å². The fourth-order valence-electron chi connectivity index (χ4n) is 2.14. The van der Waals surface area contributed by atoms with Crippen LogP contribution >= 0.6 is 23.2 Å². The fraction of sp³-hybridized carbons (Fsp3) is 0.0588. The number of nitrogen functional groups attached to an aromatic ring is 1. The topological polar surface area (TPSA) is 81.3 Å². The quantitative estimate of drug-likeness (QED) is 0.647. The Balaban J connectivity index is 1.88. The lowest BCUT2D eigenvalue weighted by Gasteiger charge is -2.10. The molecular weight excluding hydrogens is 368 g/mol. The lowest BCUT2D eigenvalue weighted by Crippen LogP contribution is -1.99. The molecule has 0 spiro atoms. The van der Waals surface area contributed by atoms with E-state index in [-0.39, 0.29) is 39.8 Å². The number of nitrogens with zero attached hydrogens (tertiary/aromatic N) is 2. The number of ether oxygens (including phenoxy) is 1. The van der Waals surface area contributed by atoms with Gasteiger partial charge in [0.15, 0.2) is 11.5 Å². The molecule has 0 saturated heterocycles. The minimum Gasteiger partial charge on any atom is -0.504 e. The molecule has 0 saturated carbocycles. The van der Waals surface area contributed by atoms with Crippen molar-refractivity contribution in [2.24, 2.45) is 0 Å². The van der Waals surface area contributed by atoms with Crippen LogP contribution in [0.1, 0.15) is 11.3 Å². The van der Waals surface area contributed by atoms with Crippen molar-refractivity contribution in [3.05, 3.63) is 69.7 Å². The Labute approximate surface area is 152 Å². The summed E-state index contributed by atoms with van der Waals surface area (Å²) in [5.41, 5.74) is 7.13. The van der Waals surface area contributed by atoms with Crippen molar-refractivity contribution in [3.63, 3.8) is 0 Å². The van der Waals surface area contributed by atoms with Gasteiger partial charge in [0.1, 0.15) is 5.82 Å². The Morgan fingerprint density at radius 3 is 2.40 bits per heavy atom. The summed E-state index contributed by atoms with van der Waals surface area (Å²) in [6.45, 7) is 0. The maximum atomic E-state index is 13.0. The van der Waals surface area contributed by atoms with Crippen LogP contribution in [-0.2, 0) is 6.42 Å². The number of halogens is 3. The molecule has 0 unspecified atom stereocenters. The molecule has 0 aliphatic heterocycles. The molecule has 3 rings (SSSR count). The zero-order valence-corrected chi connectivity index (χ0v) is 14.2. The second-order valence-corrected chi connectivity index (χ2v) is 6.02. The van der Waals surface area contributed by atoms with Gasteiger partial charge in [-0.1, -0.05) is 35.3 Å². The number of rotatable bonds is 4. The smallest absolute Gasteiger partial charge is 0.322 e. The van der Waals surface area contributed by atoms with E-state index in [1.807, 2.05) is 0 Å². The van der Waals surface area contributed by atoms with Crippen LogP contribution in [0.25, 0.3) is 0 Å². The fourth-order valence-corrected chi connectivity index (χ4v) is 2.72. The Hall–Kier alpha value is -2.57. The SMILES string of the molecule is Nc1cc(Cl)c(Oc2ncc(O)c(Cc3ccc(F)cc3)n2)c(Cl)c1. The molecule has 8 heteroatoms. The first-order chi connectivity index (χ1) is 11.9. The number of aromatic hydroxyl groups is 1. The van der Waals surface area contributed by atoms with Crippen LogP contribution in [0.5, 0.6) is 17.5 Å².